The maximum Gasteiger partial charge on any atom is 0.154 e. The van der Waals surface area contributed by atoms with Crippen LogP contribution in [0.4, 0.5) is 0 Å². The van der Waals surface area contributed by atoms with Crippen LogP contribution in [0.25, 0.3) is 25.8 Å². The molecule has 1 aromatic carbocycles. The predicted octanol–water partition coefficient (Wildman–Crippen LogP) is 3.70. The Bertz CT molecular complexity index is 810. The molecule has 0 N–H and O–H groups in total. The molecule has 0 aliphatic rings. The van der Waals surface area contributed by atoms with E-state index in [1.165, 1.54) is 20.2 Å². The van der Waals surface area contributed by atoms with Crippen LogP contribution in [-0.2, 0) is 0 Å². The quantitative estimate of drug-likeness (QED) is 0.445. The molecule has 0 saturated heterocycles. The van der Waals surface area contributed by atoms with Crippen LogP contribution < -0.4 is 0 Å². The van der Waals surface area contributed by atoms with Crippen LogP contribution in [-0.4, -0.2) is 9.38 Å². The third-order valence-electron chi connectivity index (χ3n) is 2.91. The molecule has 0 radical (unpaired) electrons. The first-order chi connectivity index (χ1) is 7.93. The van der Waals surface area contributed by atoms with Gasteiger partial charge in [-0.2, -0.15) is 0 Å². The summed E-state index contributed by atoms with van der Waals surface area (Å²) in [5.74, 6) is 0. The summed E-state index contributed by atoms with van der Waals surface area (Å²) in [6, 6.07) is 10.7. The molecule has 0 unspecified atom stereocenters. The Balaban J connectivity index is 2.38. The molecule has 16 heavy (non-hydrogen) atoms. The number of fused-ring (bicyclic) bond motifs is 5. The van der Waals surface area contributed by atoms with Crippen LogP contribution in [0.3, 0.4) is 0 Å². The van der Waals surface area contributed by atoms with Crippen LogP contribution in [0.2, 0.25) is 0 Å². The zero-order valence-corrected chi connectivity index (χ0v) is 9.24. The van der Waals surface area contributed by atoms with Crippen molar-refractivity contribution >= 4 is 37.2 Å². The molecule has 3 heterocycles. The molecule has 0 atom stereocenters. The highest BCUT2D eigenvalue weighted by Crippen LogP contribution is 2.35. The summed E-state index contributed by atoms with van der Waals surface area (Å²) in [7, 11) is 0. The van der Waals surface area contributed by atoms with Gasteiger partial charge in [0.05, 0.1) is 4.70 Å². The number of nitrogens with zero attached hydrogens (tertiary/aromatic N) is 2. The Kier molecular flexibility index (Phi) is 1.47. The van der Waals surface area contributed by atoms with Crippen LogP contribution in [0.5, 0.6) is 0 Å². The molecule has 0 saturated carbocycles. The van der Waals surface area contributed by atoms with Crippen molar-refractivity contribution < 1.29 is 0 Å². The average Bonchev–Trinajstić information content (AvgIpc) is 2.92. The van der Waals surface area contributed by atoms with Gasteiger partial charge in [-0.15, -0.1) is 11.3 Å². The van der Waals surface area contributed by atoms with Gasteiger partial charge in [0.15, 0.2) is 5.65 Å². The summed E-state index contributed by atoms with van der Waals surface area (Å²) in [5, 5.41) is 2.63. The number of aromatic nitrogens is 2. The zero-order chi connectivity index (χ0) is 10.5. The fraction of sp³-hybridized carbons (Fsp3) is 0. The first kappa shape index (κ1) is 8.30. The molecule has 0 fully saturated rings. The highest BCUT2D eigenvalue weighted by molar-refractivity contribution is 7.26. The fourth-order valence-corrected chi connectivity index (χ4v) is 3.35. The van der Waals surface area contributed by atoms with Crippen molar-refractivity contribution in [3.05, 3.63) is 48.9 Å². The molecular weight excluding hydrogens is 216 g/mol. The number of hydrogen-bond acceptors (Lipinski definition) is 2. The van der Waals surface area contributed by atoms with Crippen molar-refractivity contribution in [2.45, 2.75) is 0 Å². The van der Waals surface area contributed by atoms with Crippen LogP contribution >= 0.6 is 11.3 Å². The van der Waals surface area contributed by atoms with E-state index in [1.54, 1.807) is 0 Å². The van der Waals surface area contributed by atoms with E-state index in [1.807, 2.05) is 23.7 Å². The minimum atomic E-state index is 1.05. The van der Waals surface area contributed by atoms with Gasteiger partial charge in [-0.3, -0.25) is 0 Å². The Morgan fingerprint density at radius 2 is 1.94 bits per heavy atom. The van der Waals surface area contributed by atoms with E-state index in [-0.39, 0.29) is 0 Å². The lowest BCUT2D eigenvalue weighted by molar-refractivity contribution is 1.21. The summed E-state index contributed by atoms with van der Waals surface area (Å²) in [6.07, 6.45) is 5.90. The van der Waals surface area contributed by atoms with E-state index in [0.29, 0.717) is 0 Å². The Hall–Kier alpha value is -1.87. The van der Waals surface area contributed by atoms with Crippen LogP contribution in [0, 0.1) is 0 Å². The Labute approximate surface area is 95.8 Å². The van der Waals surface area contributed by atoms with Gasteiger partial charge in [-0.05, 0) is 12.1 Å². The van der Waals surface area contributed by atoms with Gasteiger partial charge in [0.25, 0.3) is 0 Å². The van der Waals surface area contributed by atoms with E-state index < -0.39 is 0 Å². The van der Waals surface area contributed by atoms with E-state index >= 15 is 0 Å². The predicted molar refractivity (Wildman–Crippen MR) is 68.1 cm³/mol. The van der Waals surface area contributed by atoms with Crippen molar-refractivity contribution in [2.75, 3.05) is 0 Å². The summed E-state index contributed by atoms with van der Waals surface area (Å²) < 4.78 is 4.67. The van der Waals surface area contributed by atoms with Crippen molar-refractivity contribution in [2.24, 2.45) is 0 Å². The van der Waals surface area contributed by atoms with E-state index in [9.17, 15) is 0 Å². The number of thiophene rings is 1. The smallest absolute Gasteiger partial charge is 0.154 e. The summed E-state index contributed by atoms with van der Waals surface area (Å²) in [5.41, 5.74) is 1.05. The highest BCUT2D eigenvalue weighted by Gasteiger charge is 2.07. The molecule has 2 nitrogen and oxygen atoms in total. The number of hydrogen-bond donors (Lipinski definition) is 0. The fourth-order valence-electron chi connectivity index (χ4n) is 2.16. The molecule has 0 amide bonds. The Morgan fingerprint density at radius 1 is 1.00 bits per heavy atom. The van der Waals surface area contributed by atoms with Gasteiger partial charge in [0.1, 0.15) is 0 Å². The lowest BCUT2D eigenvalue weighted by Gasteiger charge is -1.94. The lowest BCUT2D eigenvalue weighted by Crippen LogP contribution is -1.80. The minimum absolute atomic E-state index is 1.05. The van der Waals surface area contributed by atoms with E-state index in [0.717, 1.165) is 5.65 Å². The second kappa shape index (κ2) is 2.83. The SMILES string of the molecule is c1ccc2c(c1)sc1c2ccn2ccnc12. The minimum Gasteiger partial charge on any atom is -0.306 e. The van der Waals surface area contributed by atoms with Crippen molar-refractivity contribution in [1.29, 1.82) is 0 Å². The number of rotatable bonds is 0. The van der Waals surface area contributed by atoms with Crippen LogP contribution in [0.1, 0.15) is 0 Å². The van der Waals surface area contributed by atoms with Gasteiger partial charge in [-0.25, -0.2) is 4.98 Å². The van der Waals surface area contributed by atoms with Gasteiger partial charge in [0, 0.05) is 34.1 Å². The zero-order valence-electron chi connectivity index (χ0n) is 8.42. The molecule has 4 rings (SSSR count). The standard InChI is InChI=1S/C13H8N2S/c1-2-4-11-9(3-1)10-5-7-15-8-6-14-13(15)12(10)16-11/h1-8H. The monoisotopic (exact) mass is 224 g/mol. The first-order valence-electron chi connectivity index (χ1n) is 5.16. The topological polar surface area (TPSA) is 17.3 Å². The van der Waals surface area contributed by atoms with E-state index in [4.69, 9.17) is 0 Å². The highest BCUT2D eigenvalue weighted by atomic mass is 32.1. The number of benzene rings is 1. The molecular formula is C13H8N2S. The molecule has 76 valence electrons. The van der Waals surface area contributed by atoms with Gasteiger partial charge in [-0.1, -0.05) is 18.2 Å². The maximum atomic E-state index is 4.42. The summed E-state index contributed by atoms with van der Waals surface area (Å²) >= 11 is 1.81. The molecule has 4 aromatic rings. The van der Waals surface area contributed by atoms with Crippen molar-refractivity contribution in [3.8, 4) is 0 Å². The molecule has 3 heteroatoms. The summed E-state index contributed by atoms with van der Waals surface area (Å²) in [4.78, 5) is 4.42. The molecule has 0 aliphatic carbocycles. The molecule has 0 aliphatic heterocycles. The third kappa shape index (κ3) is 0.933. The Morgan fingerprint density at radius 3 is 2.94 bits per heavy atom. The van der Waals surface area contributed by atoms with E-state index in [2.05, 4.69) is 45.9 Å². The average molecular weight is 224 g/mol. The van der Waals surface area contributed by atoms with Crippen molar-refractivity contribution in [1.82, 2.24) is 9.38 Å². The maximum absolute atomic E-state index is 4.42. The normalized spacial score (nSPS) is 11.8. The number of imidazole rings is 1. The largest absolute Gasteiger partial charge is 0.306 e. The number of pyridine rings is 1. The second-order valence-electron chi connectivity index (χ2n) is 3.81. The van der Waals surface area contributed by atoms with Crippen LogP contribution in [0.15, 0.2) is 48.9 Å². The van der Waals surface area contributed by atoms with Gasteiger partial charge >= 0.3 is 0 Å². The molecule has 3 aromatic heterocycles. The molecule has 0 bridgehead atoms. The van der Waals surface area contributed by atoms with Gasteiger partial charge < -0.3 is 4.40 Å². The third-order valence-corrected chi connectivity index (χ3v) is 4.09. The second-order valence-corrected chi connectivity index (χ2v) is 4.87. The summed E-state index contributed by atoms with van der Waals surface area (Å²) in [6.45, 7) is 0. The first-order valence-corrected chi connectivity index (χ1v) is 5.98. The molecule has 0 spiro atoms. The lowest BCUT2D eigenvalue weighted by atomic mass is 10.2. The van der Waals surface area contributed by atoms with Crippen molar-refractivity contribution in [3.63, 3.8) is 0 Å². The van der Waals surface area contributed by atoms with Gasteiger partial charge in [0.2, 0.25) is 0 Å².